The number of ether oxygens (including phenoxy) is 2. The van der Waals surface area contributed by atoms with E-state index < -0.39 is 0 Å². The molecule has 2 saturated carbocycles. The van der Waals surface area contributed by atoms with Gasteiger partial charge in [0.25, 0.3) is 0 Å². The van der Waals surface area contributed by atoms with Crippen molar-refractivity contribution in [1.82, 2.24) is 0 Å². The van der Waals surface area contributed by atoms with Crippen LogP contribution in [0.1, 0.15) is 19.3 Å². The van der Waals surface area contributed by atoms with E-state index in [1.165, 1.54) is 19.3 Å². The van der Waals surface area contributed by atoms with Gasteiger partial charge in [0, 0.05) is 16.8 Å². The average Bonchev–Trinajstić information content (AvgIpc) is 2.80. The molecule has 0 aromatic rings. The molecule has 3 aliphatic rings. The topological polar surface area (TPSA) is 21.8 Å². The summed E-state index contributed by atoms with van der Waals surface area (Å²) in [6.07, 6.45) is 4.61. The van der Waals surface area contributed by atoms with E-state index in [1.54, 1.807) is 0 Å². The zero-order valence-corrected chi connectivity index (χ0v) is 9.45. The van der Waals surface area contributed by atoms with Crippen molar-refractivity contribution in [1.29, 1.82) is 0 Å². The van der Waals surface area contributed by atoms with Crippen molar-refractivity contribution in [2.24, 2.45) is 17.8 Å². The highest BCUT2D eigenvalue weighted by atomic mass is 28.1. The summed E-state index contributed by atoms with van der Waals surface area (Å²) in [4.78, 5) is 0. The molecule has 77 valence electrons. The van der Waals surface area contributed by atoms with Crippen molar-refractivity contribution in [3.05, 3.63) is 0 Å². The summed E-state index contributed by atoms with van der Waals surface area (Å²) < 4.78 is 10.8. The summed E-state index contributed by atoms with van der Waals surface area (Å²) in [5, 5.41) is 0. The standard InChI is InChI=1S/C11H17O2Si/c14-11-3-7-1-8(11)2-9(7)4-12-5-10-6-13-10/h7-11H,1-6H2. The molecule has 3 radical (unpaired) electrons. The first-order chi connectivity index (χ1) is 6.83. The Hall–Kier alpha value is 0.137. The molecule has 14 heavy (non-hydrogen) atoms. The van der Waals surface area contributed by atoms with Gasteiger partial charge in [0.1, 0.15) is 6.10 Å². The lowest BCUT2D eigenvalue weighted by Gasteiger charge is -2.25. The molecule has 1 aliphatic heterocycles. The summed E-state index contributed by atoms with van der Waals surface area (Å²) >= 11 is 0. The number of fused-ring (bicyclic) bond motifs is 2. The van der Waals surface area contributed by atoms with Crippen molar-refractivity contribution in [2.75, 3.05) is 19.8 Å². The monoisotopic (exact) mass is 209 g/mol. The minimum absolute atomic E-state index is 0.428. The molecule has 3 fully saturated rings. The first-order valence-electron chi connectivity index (χ1n) is 5.73. The van der Waals surface area contributed by atoms with Gasteiger partial charge in [0.2, 0.25) is 0 Å². The molecular formula is C11H17O2Si. The second kappa shape index (κ2) is 3.61. The SMILES string of the molecule is [Si]C1CC2CC1CC2COCC1CO1. The third-order valence-corrected chi connectivity index (χ3v) is 4.75. The maximum Gasteiger partial charge on any atom is 0.104 e. The molecule has 2 aliphatic carbocycles. The molecule has 0 aromatic heterocycles. The smallest absolute Gasteiger partial charge is 0.104 e. The minimum Gasteiger partial charge on any atom is -0.378 e. The van der Waals surface area contributed by atoms with Crippen molar-refractivity contribution in [2.45, 2.75) is 30.9 Å². The second-order valence-corrected chi connectivity index (χ2v) is 5.83. The first kappa shape index (κ1) is 9.37. The first-order valence-corrected chi connectivity index (χ1v) is 6.31. The molecule has 1 saturated heterocycles. The van der Waals surface area contributed by atoms with Crippen LogP contribution in [0.3, 0.4) is 0 Å². The van der Waals surface area contributed by atoms with E-state index in [1.807, 2.05) is 0 Å². The highest BCUT2D eigenvalue weighted by molar-refractivity contribution is 6.12. The molecule has 3 rings (SSSR count). The van der Waals surface area contributed by atoms with E-state index in [2.05, 4.69) is 10.2 Å². The van der Waals surface area contributed by atoms with Crippen LogP contribution >= 0.6 is 0 Å². The van der Waals surface area contributed by atoms with Crippen molar-refractivity contribution >= 4 is 10.2 Å². The summed E-state index contributed by atoms with van der Waals surface area (Å²) in [5.74, 6) is 2.71. The van der Waals surface area contributed by atoms with Gasteiger partial charge < -0.3 is 9.47 Å². The van der Waals surface area contributed by atoms with Gasteiger partial charge in [-0.25, -0.2) is 0 Å². The number of epoxide rings is 1. The molecule has 2 nitrogen and oxygen atoms in total. The predicted molar refractivity (Wildman–Crippen MR) is 54.4 cm³/mol. The van der Waals surface area contributed by atoms with Crippen LogP contribution in [0.15, 0.2) is 0 Å². The Kier molecular flexibility index (Phi) is 2.42. The van der Waals surface area contributed by atoms with Crippen LogP contribution in [-0.2, 0) is 9.47 Å². The predicted octanol–water partition coefficient (Wildman–Crippen LogP) is 1.40. The van der Waals surface area contributed by atoms with Gasteiger partial charge in [-0.1, -0.05) is 6.42 Å². The van der Waals surface area contributed by atoms with Crippen LogP contribution in [0.5, 0.6) is 0 Å². The Morgan fingerprint density at radius 3 is 2.57 bits per heavy atom. The van der Waals surface area contributed by atoms with Gasteiger partial charge in [-0.05, 0) is 36.1 Å². The zero-order chi connectivity index (χ0) is 9.54. The van der Waals surface area contributed by atoms with Gasteiger partial charge in [-0.3, -0.25) is 0 Å². The second-order valence-electron chi connectivity index (χ2n) is 5.09. The molecule has 0 spiro atoms. The van der Waals surface area contributed by atoms with Crippen molar-refractivity contribution < 1.29 is 9.47 Å². The Morgan fingerprint density at radius 1 is 1.14 bits per heavy atom. The van der Waals surface area contributed by atoms with Gasteiger partial charge in [0.05, 0.1) is 13.2 Å². The average molecular weight is 209 g/mol. The zero-order valence-electron chi connectivity index (χ0n) is 8.45. The maximum absolute atomic E-state index is 5.69. The Morgan fingerprint density at radius 2 is 2.00 bits per heavy atom. The summed E-state index contributed by atoms with van der Waals surface area (Å²) in [5.41, 5.74) is 0.794. The summed E-state index contributed by atoms with van der Waals surface area (Å²) in [6.45, 7) is 2.71. The molecule has 2 bridgehead atoms. The van der Waals surface area contributed by atoms with Crippen molar-refractivity contribution in [3.8, 4) is 0 Å². The fraction of sp³-hybridized carbons (Fsp3) is 1.00. The third-order valence-electron chi connectivity index (χ3n) is 4.04. The number of hydrogen-bond acceptors (Lipinski definition) is 2. The Labute approximate surface area is 88.8 Å². The number of rotatable bonds is 4. The van der Waals surface area contributed by atoms with Crippen LogP contribution in [0.25, 0.3) is 0 Å². The summed E-state index contributed by atoms with van der Waals surface area (Å²) in [6, 6.07) is 0. The van der Waals surface area contributed by atoms with Crippen LogP contribution in [0.4, 0.5) is 0 Å². The van der Waals surface area contributed by atoms with Gasteiger partial charge in [0.15, 0.2) is 0 Å². The van der Waals surface area contributed by atoms with Gasteiger partial charge in [-0.15, -0.1) is 0 Å². The van der Waals surface area contributed by atoms with E-state index in [4.69, 9.17) is 9.47 Å². The highest BCUT2D eigenvalue weighted by Crippen LogP contribution is 2.53. The largest absolute Gasteiger partial charge is 0.378 e. The summed E-state index contributed by atoms with van der Waals surface area (Å²) in [7, 11) is 3.81. The van der Waals surface area contributed by atoms with Crippen LogP contribution in [0.2, 0.25) is 5.54 Å². The lowest BCUT2D eigenvalue weighted by Crippen LogP contribution is -2.20. The van der Waals surface area contributed by atoms with Crippen LogP contribution in [0, 0.1) is 17.8 Å². The van der Waals surface area contributed by atoms with Gasteiger partial charge in [-0.2, -0.15) is 0 Å². The normalized spacial score (nSPS) is 49.9. The van der Waals surface area contributed by atoms with Crippen LogP contribution < -0.4 is 0 Å². The molecule has 0 aromatic carbocycles. The molecule has 5 unspecified atom stereocenters. The molecule has 0 N–H and O–H groups in total. The van der Waals surface area contributed by atoms with Crippen molar-refractivity contribution in [3.63, 3.8) is 0 Å². The lowest BCUT2D eigenvalue weighted by molar-refractivity contribution is 0.0680. The molecule has 0 amide bonds. The molecular weight excluding hydrogens is 192 g/mol. The molecule has 3 heteroatoms. The maximum atomic E-state index is 5.69. The lowest BCUT2D eigenvalue weighted by atomic mass is 9.89. The quantitative estimate of drug-likeness (QED) is 0.516. The Balaban J connectivity index is 1.42. The van der Waals surface area contributed by atoms with E-state index in [-0.39, 0.29) is 0 Å². The highest BCUT2D eigenvalue weighted by Gasteiger charge is 2.43. The minimum atomic E-state index is 0.428. The fourth-order valence-corrected chi connectivity index (χ4v) is 3.69. The fourth-order valence-electron chi connectivity index (χ4n) is 3.11. The number of hydrogen-bond donors (Lipinski definition) is 0. The van der Waals surface area contributed by atoms with E-state index in [0.717, 1.165) is 43.1 Å². The van der Waals surface area contributed by atoms with Gasteiger partial charge >= 0.3 is 0 Å². The molecule has 5 atom stereocenters. The van der Waals surface area contributed by atoms with E-state index in [9.17, 15) is 0 Å². The van der Waals surface area contributed by atoms with E-state index >= 15 is 0 Å². The van der Waals surface area contributed by atoms with E-state index in [0.29, 0.717) is 6.10 Å². The molecule has 1 heterocycles. The van der Waals surface area contributed by atoms with Crippen LogP contribution in [-0.4, -0.2) is 36.2 Å². The third kappa shape index (κ3) is 1.77. The Bertz CT molecular complexity index is 215.